The molecule has 2 rings (SSSR count). The van der Waals surface area contributed by atoms with Gasteiger partial charge in [-0.05, 0) is 12.3 Å². The van der Waals surface area contributed by atoms with Crippen LogP contribution in [0.2, 0.25) is 0 Å². The lowest BCUT2D eigenvalue weighted by Gasteiger charge is -1.86. The lowest BCUT2D eigenvalue weighted by molar-refractivity contribution is -0.131. The molecule has 1 aromatic rings. The summed E-state index contributed by atoms with van der Waals surface area (Å²) in [7, 11) is 1.82. The fourth-order valence-corrected chi connectivity index (χ4v) is 1.51. The van der Waals surface area contributed by atoms with Crippen molar-refractivity contribution in [2.24, 2.45) is 13.0 Å². The van der Waals surface area contributed by atoms with E-state index in [1.807, 2.05) is 13.2 Å². The van der Waals surface area contributed by atoms with Gasteiger partial charge in [0, 0.05) is 25.2 Å². The first kappa shape index (κ1) is 8.93. The van der Waals surface area contributed by atoms with Gasteiger partial charge in [-0.25, -0.2) is 4.79 Å². The number of allylic oxidation sites excluding steroid dienone is 1. The number of carboxylic acids is 1. The van der Waals surface area contributed by atoms with E-state index in [-0.39, 0.29) is 0 Å². The van der Waals surface area contributed by atoms with Crippen LogP contribution in [0.4, 0.5) is 0 Å². The van der Waals surface area contributed by atoms with Crippen molar-refractivity contribution in [3.63, 3.8) is 0 Å². The standard InChI is InChI=1S/C9H11N3O2/c1-12-5-8(10-11-12)7-4-6(7)2-3-9(13)14/h2-3,5-7H,4H2,1H3,(H,13,14)/b3-2+. The Labute approximate surface area is 81.0 Å². The van der Waals surface area contributed by atoms with E-state index in [0.717, 1.165) is 12.1 Å². The third kappa shape index (κ3) is 1.81. The predicted octanol–water partition coefficient (Wildman–Crippen LogP) is 0.559. The molecule has 1 aliphatic carbocycles. The van der Waals surface area contributed by atoms with Crippen LogP contribution in [0.15, 0.2) is 18.3 Å². The normalized spacial score (nSPS) is 25.5. The number of aryl methyl sites for hydroxylation is 1. The molecule has 2 atom stereocenters. The SMILES string of the molecule is Cn1cc(C2CC2/C=C/C(=O)O)nn1. The summed E-state index contributed by atoms with van der Waals surface area (Å²) >= 11 is 0. The van der Waals surface area contributed by atoms with Gasteiger partial charge in [0.2, 0.25) is 0 Å². The van der Waals surface area contributed by atoms with Gasteiger partial charge in [0.1, 0.15) is 0 Å². The summed E-state index contributed by atoms with van der Waals surface area (Å²) < 4.78 is 1.66. The minimum Gasteiger partial charge on any atom is -0.478 e. The monoisotopic (exact) mass is 193 g/mol. The van der Waals surface area contributed by atoms with Gasteiger partial charge in [-0.2, -0.15) is 0 Å². The van der Waals surface area contributed by atoms with Gasteiger partial charge in [-0.3, -0.25) is 4.68 Å². The van der Waals surface area contributed by atoms with Crippen LogP contribution in [0.25, 0.3) is 0 Å². The first-order chi connectivity index (χ1) is 6.66. The average molecular weight is 193 g/mol. The lowest BCUT2D eigenvalue weighted by Crippen LogP contribution is -1.87. The first-order valence-electron chi connectivity index (χ1n) is 4.44. The zero-order valence-corrected chi connectivity index (χ0v) is 7.79. The minimum atomic E-state index is -0.894. The highest BCUT2D eigenvalue weighted by molar-refractivity contribution is 5.79. The van der Waals surface area contributed by atoms with E-state index in [2.05, 4.69) is 10.3 Å². The van der Waals surface area contributed by atoms with E-state index < -0.39 is 5.97 Å². The van der Waals surface area contributed by atoms with Crippen LogP contribution in [-0.2, 0) is 11.8 Å². The molecule has 2 unspecified atom stereocenters. The second-order valence-corrected chi connectivity index (χ2v) is 3.52. The summed E-state index contributed by atoms with van der Waals surface area (Å²) in [4.78, 5) is 10.3. The highest BCUT2D eigenvalue weighted by Gasteiger charge is 2.38. The van der Waals surface area contributed by atoms with E-state index in [1.54, 1.807) is 10.8 Å². The van der Waals surface area contributed by atoms with Crippen molar-refractivity contribution >= 4 is 5.97 Å². The van der Waals surface area contributed by atoms with Gasteiger partial charge in [0.05, 0.1) is 5.69 Å². The second-order valence-electron chi connectivity index (χ2n) is 3.52. The molecular formula is C9H11N3O2. The van der Waals surface area contributed by atoms with Gasteiger partial charge in [-0.15, -0.1) is 5.10 Å². The van der Waals surface area contributed by atoms with Crippen LogP contribution in [0.1, 0.15) is 18.0 Å². The summed E-state index contributed by atoms with van der Waals surface area (Å²) in [6, 6.07) is 0. The van der Waals surface area contributed by atoms with Crippen molar-refractivity contribution in [2.75, 3.05) is 0 Å². The number of carbonyl (C=O) groups is 1. The molecule has 0 bridgehead atoms. The first-order valence-corrected chi connectivity index (χ1v) is 4.44. The second kappa shape index (κ2) is 3.25. The molecule has 0 saturated heterocycles. The molecule has 14 heavy (non-hydrogen) atoms. The number of hydrogen-bond donors (Lipinski definition) is 1. The minimum absolute atomic E-state index is 0.322. The van der Waals surface area contributed by atoms with Gasteiger partial charge in [0.25, 0.3) is 0 Å². The molecule has 0 spiro atoms. The van der Waals surface area contributed by atoms with E-state index in [0.29, 0.717) is 11.8 Å². The van der Waals surface area contributed by atoms with Crippen LogP contribution in [0.3, 0.4) is 0 Å². The van der Waals surface area contributed by atoms with E-state index in [4.69, 9.17) is 5.11 Å². The van der Waals surface area contributed by atoms with Crippen LogP contribution in [-0.4, -0.2) is 26.1 Å². The molecule has 0 amide bonds. The Hall–Kier alpha value is -1.65. The fraction of sp³-hybridized carbons (Fsp3) is 0.444. The molecule has 5 nitrogen and oxygen atoms in total. The van der Waals surface area contributed by atoms with Crippen LogP contribution in [0.5, 0.6) is 0 Å². The van der Waals surface area contributed by atoms with Crippen molar-refractivity contribution < 1.29 is 9.90 Å². The maximum absolute atomic E-state index is 10.3. The van der Waals surface area contributed by atoms with E-state index >= 15 is 0 Å². The maximum Gasteiger partial charge on any atom is 0.327 e. The summed E-state index contributed by atoms with van der Waals surface area (Å²) in [5.41, 5.74) is 0.951. The van der Waals surface area contributed by atoms with Crippen molar-refractivity contribution in [3.8, 4) is 0 Å². The van der Waals surface area contributed by atoms with Gasteiger partial charge in [0.15, 0.2) is 0 Å². The van der Waals surface area contributed by atoms with Crippen LogP contribution < -0.4 is 0 Å². The molecule has 0 aliphatic heterocycles. The topological polar surface area (TPSA) is 68.0 Å². The molecular weight excluding hydrogens is 182 g/mol. The maximum atomic E-state index is 10.3. The van der Waals surface area contributed by atoms with Crippen LogP contribution in [0, 0.1) is 5.92 Å². The Morgan fingerprint density at radius 1 is 1.79 bits per heavy atom. The highest BCUT2D eigenvalue weighted by Crippen LogP contribution is 2.47. The summed E-state index contributed by atoms with van der Waals surface area (Å²) in [5, 5.41) is 16.3. The Morgan fingerprint density at radius 2 is 2.57 bits per heavy atom. The zero-order valence-electron chi connectivity index (χ0n) is 7.79. The molecule has 1 heterocycles. The summed E-state index contributed by atoms with van der Waals surface area (Å²) in [6.07, 6.45) is 5.77. The molecule has 0 radical (unpaired) electrons. The number of aliphatic carboxylic acids is 1. The molecule has 1 fully saturated rings. The smallest absolute Gasteiger partial charge is 0.327 e. The van der Waals surface area contributed by atoms with Crippen molar-refractivity contribution in [1.82, 2.24) is 15.0 Å². The van der Waals surface area contributed by atoms with E-state index in [9.17, 15) is 4.79 Å². The van der Waals surface area contributed by atoms with Gasteiger partial charge in [-0.1, -0.05) is 11.3 Å². The number of rotatable bonds is 3. The highest BCUT2D eigenvalue weighted by atomic mass is 16.4. The molecule has 1 aliphatic rings. The van der Waals surface area contributed by atoms with Gasteiger partial charge >= 0.3 is 5.97 Å². The quantitative estimate of drug-likeness (QED) is 0.712. The molecule has 1 N–H and O–H groups in total. The summed E-state index contributed by atoms with van der Waals surface area (Å²) in [5.74, 6) is -0.211. The molecule has 0 aromatic carbocycles. The number of hydrogen-bond acceptors (Lipinski definition) is 3. The Morgan fingerprint density at radius 3 is 3.14 bits per heavy atom. The number of carboxylic acid groups (broad SMARTS) is 1. The van der Waals surface area contributed by atoms with Crippen molar-refractivity contribution in [3.05, 3.63) is 24.0 Å². The Bertz CT molecular complexity index is 383. The zero-order chi connectivity index (χ0) is 10.1. The molecule has 1 saturated carbocycles. The van der Waals surface area contributed by atoms with E-state index in [1.165, 1.54) is 6.08 Å². The number of nitrogens with zero attached hydrogens (tertiary/aromatic N) is 3. The van der Waals surface area contributed by atoms with Crippen molar-refractivity contribution in [2.45, 2.75) is 12.3 Å². The Kier molecular flexibility index (Phi) is 2.07. The third-order valence-electron chi connectivity index (χ3n) is 2.33. The fourth-order valence-electron chi connectivity index (χ4n) is 1.51. The third-order valence-corrected chi connectivity index (χ3v) is 2.33. The Balaban J connectivity index is 1.96. The van der Waals surface area contributed by atoms with Gasteiger partial charge < -0.3 is 5.11 Å². The number of aromatic nitrogens is 3. The average Bonchev–Trinajstić information content (AvgIpc) is 2.78. The summed E-state index contributed by atoms with van der Waals surface area (Å²) in [6.45, 7) is 0. The predicted molar refractivity (Wildman–Crippen MR) is 48.6 cm³/mol. The largest absolute Gasteiger partial charge is 0.478 e. The van der Waals surface area contributed by atoms with Crippen LogP contribution >= 0.6 is 0 Å². The molecule has 5 heteroatoms. The molecule has 1 aromatic heterocycles. The molecule has 74 valence electrons. The lowest BCUT2D eigenvalue weighted by atomic mass is 10.2. The van der Waals surface area contributed by atoms with Crippen molar-refractivity contribution in [1.29, 1.82) is 0 Å².